The maximum atomic E-state index is 13.2. The summed E-state index contributed by atoms with van der Waals surface area (Å²) in [5, 5.41) is 0.872. The topological polar surface area (TPSA) is 63.0 Å². The van der Waals surface area contributed by atoms with E-state index in [9.17, 15) is 9.59 Å². The highest BCUT2D eigenvalue weighted by atomic mass is 16.5. The monoisotopic (exact) mass is 412 g/mol. The van der Waals surface area contributed by atoms with Crippen LogP contribution in [-0.2, 0) is 11.2 Å². The normalized spacial score (nSPS) is 17.4. The summed E-state index contributed by atoms with van der Waals surface area (Å²) in [5.41, 5.74) is 1.45. The number of ether oxygens (including phenoxy) is 1. The van der Waals surface area contributed by atoms with Crippen molar-refractivity contribution >= 4 is 22.6 Å². The summed E-state index contributed by atoms with van der Waals surface area (Å²) in [6.45, 7) is 3.60. The zero-order valence-corrected chi connectivity index (χ0v) is 18.1. The summed E-state index contributed by atoms with van der Waals surface area (Å²) in [6, 6.07) is 6.02. The molecule has 2 heterocycles. The van der Waals surface area contributed by atoms with Gasteiger partial charge in [0.05, 0.1) is 13.2 Å². The fourth-order valence-electron chi connectivity index (χ4n) is 4.79. The van der Waals surface area contributed by atoms with Gasteiger partial charge < -0.3 is 14.1 Å². The van der Waals surface area contributed by atoms with Crippen molar-refractivity contribution in [3.8, 4) is 5.75 Å². The van der Waals surface area contributed by atoms with Gasteiger partial charge in [0, 0.05) is 18.0 Å². The number of hydrogen-bond acceptors (Lipinski definition) is 5. The van der Waals surface area contributed by atoms with Crippen molar-refractivity contribution in [3.63, 3.8) is 0 Å². The zero-order chi connectivity index (χ0) is 21.1. The smallest absolute Gasteiger partial charge is 0.360 e. The van der Waals surface area contributed by atoms with Crippen molar-refractivity contribution in [2.75, 3.05) is 31.6 Å². The Morgan fingerprint density at radius 2 is 2.03 bits per heavy atom. The molecule has 2 aromatic rings. The third-order valence-corrected chi connectivity index (χ3v) is 6.39. The molecule has 1 aliphatic carbocycles. The number of rotatable bonds is 6. The third-order valence-electron chi connectivity index (χ3n) is 6.39. The molecule has 0 radical (unpaired) electrons. The van der Waals surface area contributed by atoms with Crippen molar-refractivity contribution in [2.45, 2.75) is 64.3 Å². The van der Waals surface area contributed by atoms with Crippen LogP contribution < -0.4 is 15.3 Å². The van der Waals surface area contributed by atoms with Gasteiger partial charge in [-0.1, -0.05) is 26.2 Å². The van der Waals surface area contributed by atoms with E-state index in [1.54, 1.807) is 11.0 Å². The number of aryl methyl sites for hydroxylation is 1. The predicted octanol–water partition coefficient (Wildman–Crippen LogP) is 4.13. The zero-order valence-electron chi connectivity index (χ0n) is 18.1. The minimum atomic E-state index is -0.423. The second kappa shape index (κ2) is 9.21. The Labute approximate surface area is 177 Å². The molecule has 1 aliphatic heterocycles. The number of anilines is 1. The third kappa shape index (κ3) is 4.24. The summed E-state index contributed by atoms with van der Waals surface area (Å²) in [7, 11) is 2.03. The minimum Gasteiger partial charge on any atom is -0.494 e. The maximum absolute atomic E-state index is 13.2. The van der Waals surface area contributed by atoms with Crippen LogP contribution in [0.1, 0.15) is 57.4 Å². The first kappa shape index (κ1) is 20.9. The summed E-state index contributed by atoms with van der Waals surface area (Å²) in [5.74, 6) is 0.745. The molecule has 1 amide bonds. The second-order valence-corrected chi connectivity index (χ2v) is 8.58. The van der Waals surface area contributed by atoms with Crippen molar-refractivity contribution in [1.29, 1.82) is 0 Å². The fraction of sp³-hybridized carbons (Fsp3) is 0.583. The molecule has 0 unspecified atom stereocenters. The Bertz CT molecular complexity index is 962. The molecule has 0 saturated heterocycles. The molecule has 162 valence electrons. The average molecular weight is 413 g/mol. The van der Waals surface area contributed by atoms with E-state index in [4.69, 9.17) is 9.15 Å². The van der Waals surface area contributed by atoms with Crippen LogP contribution in [0.5, 0.6) is 5.75 Å². The number of benzene rings is 1. The highest BCUT2D eigenvalue weighted by Crippen LogP contribution is 2.33. The van der Waals surface area contributed by atoms with E-state index >= 15 is 0 Å². The predicted molar refractivity (Wildman–Crippen MR) is 118 cm³/mol. The standard InChI is InChI=1S/C24H32N2O4/c1-3-14-29-18-11-12-21-20(15-18)19-10-7-13-26(23(19)24(28)30-21)22(27)16-25(2)17-8-5-4-6-9-17/h11-12,15,17H,3-10,13-14,16H2,1-2H3. The van der Waals surface area contributed by atoms with Gasteiger partial charge in [-0.15, -0.1) is 0 Å². The van der Waals surface area contributed by atoms with Gasteiger partial charge in [-0.2, -0.15) is 0 Å². The number of nitrogens with zero attached hydrogens (tertiary/aromatic N) is 2. The number of fused-ring (bicyclic) bond motifs is 3. The first-order chi connectivity index (χ1) is 14.6. The Hall–Kier alpha value is -2.34. The van der Waals surface area contributed by atoms with Crippen LogP contribution >= 0.6 is 0 Å². The number of carbonyl (C=O) groups excluding carboxylic acids is 1. The van der Waals surface area contributed by atoms with Crippen molar-refractivity contribution in [3.05, 3.63) is 34.2 Å². The maximum Gasteiger partial charge on any atom is 0.360 e. The molecule has 4 rings (SSSR count). The Morgan fingerprint density at radius 1 is 1.23 bits per heavy atom. The van der Waals surface area contributed by atoms with E-state index in [1.165, 1.54) is 19.3 Å². The molecule has 6 nitrogen and oxygen atoms in total. The molecule has 2 aliphatic rings. The van der Waals surface area contributed by atoms with Gasteiger partial charge in [0.15, 0.2) is 0 Å². The number of carbonyl (C=O) groups is 1. The van der Waals surface area contributed by atoms with Gasteiger partial charge in [-0.05, 0) is 62.9 Å². The van der Waals surface area contributed by atoms with E-state index in [2.05, 4.69) is 11.8 Å². The lowest BCUT2D eigenvalue weighted by atomic mass is 9.94. The number of likely N-dealkylation sites (N-methyl/N-ethyl adjacent to an activating group) is 1. The average Bonchev–Trinajstić information content (AvgIpc) is 2.78. The van der Waals surface area contributed by atoms with Crippen LogP contribution in [0, 0.1) is 0 Å². The largest absolute Gasteiger partial charge is 0.494 e. The number of amides is 1. The molecular weight excluding hydrogens is 380 g/mol. The van der Waals surface area contributed by atoms with Crippen molar-refractivity contribution in [2.24, 2.45) is 0 Å². The summed E-state index contributed by atoms with van der Waals surface area (Å²) < 4.78 is 11.4. The van der Waals surface area contributed by atoms with Crippen molar-refractivity contribution < 1.29 is 13.9 Å². The van der Waals surface area contributed by atoms with Gasteiger partial charge in [-0.3, -0.25) is 9.69 Å². The van der Waals surface area contributed by atoms with E-state index in [-0.39, 0.29) is 5.91 Å². The lowest BCUT2D eigenvalue weighted by Gasteiger charge is -2.34. The quantitative estimate of drug-likeness (QED) is 0.668. The van der Waals surface area contributed by atoms with Crippen molar-refractivity contribution in [1.82, 2.24) is 4.90 Å². The van der Waals surface area contributed by atoms with Crippen LogP contribution in [0.2, 0.25) is 0 Å². The molecule has 6 heteroatoms. The first-order valence-corrected chi connectivity index (χ1v) is 11.3. The van der Waals surface area contributed by atoms with Gasteiger partial charge in [0.25, 0.3) is 0 Å². The minimum absolute atomic E-state index is 0.0194. The van der Waals surface area contributed by atoms with Gasteiger partial charge in [0.2, 0.25) is 5.91 Å². The van der Waals surface area contributed by atoms with Crippen LogP contribution in [0.4, 0.5) is 5.69 Å². The van der Waals surface area contributed by atoms with Crippen LogP contribution in [-0.4, -0.2) is 43.6 Å². The van der Waals surface area contributed by atoms with Gasteiger partial charge in [-0.25, -0.2) is 4.79 Å². The van der Waals surface area contributed by atoms with E-state index in [1.807, 2.05) is 19.2 Å². The molecule has 0 N–H and O–H groups in total. The SMILES string of the molecule is CCCOc1ccc2oc(=O)c3c(c2c1)CCCN3C(=O)CN(C)C1CCCCC1. The lowest BCUT2D eigenvalue weighted by molar-refractivity contribution is -0.120. The highest BCUT2D eigenvalue weighted by Gasteiger charge is 2.30. The molecule has 1 aromatic heterocycles. The van der Waals surface area contributed by atoms with E-state index < -0.39 is 5.63 Å². The molecule has 30 heavy (non-hydrogen) atoms. The molecule has 1 saturated carbocycles. The van der Waals surface area contributed by atoms with Crippen LogP contribution in [0.25, 0.3) is 11.0 Å². The van der Waals surface area contributed by atoms with Gasteiger partial charge in [0.1, 0.15) is 17.0 Å². The van der Waals surface area contributed by atoms with E-state index in [0.29, 0.717) is 37.0 Å². The van der Waals surface area contributed by atoms with Crippen LogP contribution in [0.15, 0.2) is 27.4 Å². The Morgan fingerprint density at radius 3 is 2.80 bits per heavy atom. The summed E-state index contributed by atoms with van der Waals surface area (Å²) in [4.78, 5) is 29.8. The summed E-state index contributed by atoms with van der Waals surface area (Å²) in [6.07, 6.45) is 8.57. The molecular formula is C24H32N2O4. The summed E-state index contributed by atoms with van der Waals surface area (Å²) >= 11 is 0. The van der Waals surface area contributed by atoms with E-state index in [0.717, 1.165) is 48.8 Å². The fourth-order valence-corrected chi connectivity index (χ4v) is 4.79. The Kier molecular flexibility index (Phi) is 6.42. The molecule has 1 aromatic carbocycles. The molecule has 0 spiro atoms. The lowest BCUT2D eigenvalue weighted by Crippen LogP contribution is -2.46. The van der Waals surface area contributed by atoms with Gasteiger partial charge >= 0.3 is 5.63 Å². The molecule has 0 bridgehead atoms. The first-order valence-electron chi connectivity index (χ1n) is 11.3. The molecule has 0 atom stereocenters. The second-order valence-electron chi connectivity index (χ2n) is 8.58. The number of hydrogen-bond donors (Lipinski definition) is 0. The highest BCUT2D eigenvalue weighted by molar-refractivity contribution is 5.98. The Balaban J connectivity index is 1.62. The molecule has 1 fully saturated rings. The van der Waals surface area contributed by atoms with Crippen LogP contribution in [0.3, 0.4) is 0 Å².